The van der Waals surface area contributed by atoms with Gasteiger partial charge in [0.25, 0.3) is 0 Å². The highest BCUT2D eigenvalue weighted by Crippen LogP contribution is 2.09. The molecule has 0 aromatic heterocycles. The number of aliphatic hydroxyl groups is 2. The van der Waals surface area contributed by atoms with Crippen LogP contribution in [-0.4, -0.2) is 41.0 Å². The Labute approximate surface area is 78.3 Å². The summed E-state index contributed by atoms with van der Waals surface area (Å²) in [7, 11) is 0. The zero-order chi connectivity index (χ0) is 9.40. The second kappa shape index (κ2) is 7.86. The van der Waals surface area contributed by atoms with E-state index in [1.807, 2.05) is 6.92 Å². The number of rotatable bonds is 7. The lowest BCUT2D eigenvalue weighted by atomic mass is 10.2. The van der Waals surface area contributed by atoms with Gasteiger partial charge in [0.1, 0.15) is 0 Å². The molecule has 0 spiro atoms. The second-order valence-electron chi connectivity index (χ2n) is 3.10. The van der Waals surface area contributed by atoms with Crippen LogP contribution < -0.4 is 5.73 Å². The van der Waals surface area contributed by atoms with Crippen molar-refractivity contribution in [3.05, 3.63) is 0 Å². The van der Waals surface area contributed by atoms with Gasteiger partial charge in [0.05, 0.1) is 0 Å². The maximum Gasteiger partial charge on any atom is 0.0464 e. The zero-order valence-electron chi connectivity index (χ0n) is 7.57. The fraction of sp³-hybridized carbons (Fsp3) is 1.00. The molecule has 3 nitrogen and oxygen atoms in total. The van der Waals surface area contributed by atoms with E-state index in [-0.39, 0.29) is 19.3 Å². The average molecular weight is 193 g/mol. The zero-order valence-corrected chi connectivity index (χ0v) is 8.39. The van der Waals surface area contributed by atoms with Gasteiger partial charge >= 0.3 is 0 Å². The summed E-state index contributed by atoms with van der Waals surface area (Å²) >= 11 is 1.74. The quantitative estimate of drug-likeness (QED) is 0.535. The number of nitrogens with two attached hydrogens (primary N) is 1. The summed E-state index contributed by atoms with van der Waals surface area (Å²) in [4.78, 5) is 0. The molecule has 0 saturated heterocycles. The number of hydrogen-bond acceptors (Lipinski definition) is 4. The Kier molecular flexibility index (Phi) is 8.01. The maximum atomic E-state index is 8.72. The molecule has 0 saturated carbocycles. The predicted octanol–water partition coefficient (Wildman–Crippen LogP) is 0.0577. The van der Waals surface area contributed by atoms with Crippen LogP contribution in [-0.2, 0) is 0 Å². The Morgan fingerprint density at radius 1 is 1.33 bits per heavy atom. The molecular weight excluding hydrogens is 174 g/mol. The predicted molar refractivity (Wildman–Crippen MR) is 53.3 cm³/mol. The Hall–Kier alpha value is 0.230. The molecule has 0 bridgehead atoms. The first-order chi connectivity index (χ1) is 5.70. The lowest BCUT2D eigenvalue weighted by molar-refractivity contribution is 0.250. The fourth-order valence-corrected chi connectivity index (χ4v) is 1.84. The molecule has 0 fully saturated rings. The van der Waals surface area contributed by atoms with E-state index in [1.165, 1.54) is 0 Å². The summed E-state index contributed by atoms with van der Waals surface area (Å²) in [6.45, 7) is 2.41. The summed E-state index contributed by atoms with van der Waals surface area (Å²) in [6, 6.07) is 0.0888. The average Bonchev–Trinajstić information content (AvgIpc) is 2.04. The van der Waals surface area contributed by atoms with E-state index in [4.69, 9.17) is 15.9 Å². The van der Waals surface area contributed by atoms with Crippen molar-refractivity contribution in [2.24, 2.45) is 11.7 Å². The summed E-state index contributed by atoms with van der Waals surface area (Å²) in [5.41, 5.74) is 5.67. The Balaban J connectivity index is 3.18. The van der Waals surface area contributed by atoms with Crippen LogP contribution in [0.3, 0.4) is 0 Å². The molecule has 74 valence electrons. The first-order valence-electron chi connectivity index (χ1n) is 4.25. The van der Waals surface area contributed by atoms with Crippen molar-refractivity contribution < 1.29 is 10.2 Å². The van der Waals surface area contributed by atoms with Crippen molar-refractivity contribution >= 4 is 11.8 Å². The van der Waals surface area contributed by atoms with Crippen molar-refractivity contribution in [3.63, 3.8) is 0 Å². The van der Waals surface area contributed by atoms with Crippen LogP contribution in [0, 0.1) is 5.92 Å². The van der Waals surface area contributed by atoms with E-state index < -0.39 is 0 Å². The van der Waals surface area contributed by atoms with E-state index in [1.54, 1.807) is 11.8 Å². The van der Waals surface area contributed by atoms with Crippen LogP contribution in [0.25, 0.3) is 0 Å². The number of hydrogen-bond donors (Lipinski definition) is 3. The Morgan fingerprint density at radius 3 is 2.50 bits per heavy atom. The van der Waals surface area contributed by atoms with Crippen molar-refractivity contribution in [1.82, 2.24) is 0 Å². The highest BCUT2D eigenvalue weighted by atomic mass is 32.2. The minimum Gasteiger partial charge on any atom is -0.396 e. The van der Waals surface area contributed by atoms with Gasteiger partial charge in [-0.25, -0.2) is 0 Å². The van der Waals surface area contributed by atoms with Gasteiger partial charge in [0, 0.05) is 25.0 Å². The summed E-state index contributed by atoms with van der Waals surface area (Å²) in [5, 5.41) is 17.3. The lowest BCUT2D eigenvalue weighted by Crippen LogP contribution is -2.24. The SMILES string of the molecule is CC(CO)CSCC(N)CCO. The Bertz CT molecular complexity index is 103. The molecule has 0 rings (SSSR count). The molecule has 2 unspecified atom stereocenters. The van der Waals surface area contributed by atoms with Crippen molar-refractivity contribution in [1.29, 1.82) is 0 Å². The van der Waals surface area contributed by atoms with Crippen LogP contribution in [0.2, 0.25) is 0 Å². The van der Waals surface area contributed by atoms with Gasteiger partial charge in [0.15, 0.2) is 0 Å². The van der Waals surface area contributed by atoms with Crippen molar-refractivity contribution in [2.75, 3.05) is 24.7 Å². The fourth-order valence-electron chi connectivity index (χ4n) is 0.722. The van der Waals surface area contributed by atoms with Gasteiger partial charge in [-0.2, -0.15) is 11.8 Å². The van der Waals surface area contributed by atoms with Gasteiger partial charge in [-0.3, -0.25) is 0 Å². The smallest absolute Gasteiger partial charge is 0.0464 e. The standard InChI is InChI=1S/C8H19NO2S/c1-7(4-11)5-12-6-8(9)2-3-10/h7-8,10-11H,2-6,9H2,1H3. The normalized spacial score (nSPS) is 16.0. The van der Waals surface area contributed by atoms with Gasteiger partial charge in [0.2, 0.25) is 0 Å². The maximum absolute atomic E-state index is 8.72. The third-order valence-corrected chi connectivity index (χ3v) is 3.01. The minimum absolute atomic E-state index is 0.0888. The van der Waals surface area contributed by atoms with E-state index in [9.17, 15) is 0 Å². The van der Waals surface area contributed by atoms with Gasteiger partial charge in [-0.05, 0) is 18.1 Å². The summed E-state index contributed by atoms with van der Waals surface area (Å²) in [5.74, 6) is 2.15. The molecule has 0 aromatic rings. The molecule has 0 aliphatic carbocycles. The topological polar surface area (TPSA) is 66.5 Å². The lowest BCUT2D eigenvalue weighted by Gasteiger charge is -2.11. The van der Waals surface area contributed by atoms with Crippen LogP contribution in [0.15, 0.2) is 0 Å². The molecule has 12 heavy (non-hydrogen) atoms. The van der Waals surface area contributed by atoms with Crippen LogP contribution in [0.4, 0.5) is 0 Å². The van der Waals surface area contributed by atoms with Crippen LogP contribution in [0.5, 0.6) is 0 Å². The molecule has 0 aliphatic heterocycles. The third kappa shape index (κ3) is 6.91. The molecule has 0 aliphatic rings. The minimum atomic E-state index is 0.0888. The molecule has 0 amide bonds. The van der Waals surface area contributed by atoms with Gasteiger partial charge < -0.3 is 15.9 Å². The van der Waals surface area contributed by atoms with Crippen molar-refractivity contribution in [3.8, 4) is 0 Å². The molecule has 0 radical (unpaired) electrons. The first-order valence-corrected chi connectivity index (χ1v) is 5.41. The third-order valence-electron chi connectivity index (χ3n) is 1.55. The van der Waals surface area contributed by atoms with Gasteiger partial charge in [-0.15, -0.1) is 0 Å². The van der Waals surface area contributed by atoms with Crippen LogP contribution in [0.1, 0.15) is 13.3 Å². The van der Waals surface area contributed by atoms with Crippen molar-refractivity contribution in [2.45, 2.75) is 19.4 Å². The first kappa shape index (κ1) is 12.2. The van der Waals surface area contributed by atoms with E-state index in [2.05, 4.69) is 0 Å². The van der Waals surface area contributed by atoms with Crippen LogP contribution >= 0.6 is 11.8 Å². The monoisotopic (exact) mass is 193 g/mol. The largest absolute Gasteiger partial charge is 0.396 e. The molecular formula is C8H19NO2S. The number of thioether (sulfide) groups is 1. The molecule has 2 atom stereocenters. The Morgan fingerprint density at radius 2 is 2.00 bits per heavy atom. The summed E-state index contributed by atoms with van der Waals surface area (Å²) < 4.78 is 0. The van der Waals surface area contributed by atoms with E-state index in [0.717, 1.165) is 11.5 Å². The number of aliphatic hydroxyl groups excluding tert-OH is 2. The molecule has 4 heteroatoms. The van der Waals surface area contributed by atoms with E-state index in [0.29, 0.717) is 12.3 Å². The summed E-state index contributed by atoms with van der Waals surface area (Å²) in [6.07, 6.45) is 0.667. The molecule has 4 N–H and O–H groups in total. The highest BCUT2D eigenvalue weighted by molar-refractivity contribution is 7.99. The van der Waals surface area contributed by atoms with E-state index >= 15 is 0 Å². The molecule has 0 aromatic carbocycles. The molecule has 0 heterocycles. The highest BCUT2D eigenvalue weighted by Gasteiger charge is 2.04. The second-order valence-corrected chi connectivity index (χ2v) is 4.17. The van der Waals surface area contributed by atoms with Gasteiger partial charge in [-0.1, -0.05) is 6.92 Å².